The molecule has 0 aliphatic carbocycles. The Morgan fingerprint density at radius 1 is 0.850 bits per heavy atom. The maximum atomic E-state index is 13.9. The number of carbonyl (C=O) groups is 2. The Bertz CT molecular complexity index is 1750. The number of anilines is 1. The van der Waals surface area contributed by atoms with E-state index in [4.69, 9.17) is 13.9 Å². The molecule has 5 aromatic rings. The molecule has 198 valence electrons. The number of ketones is 1. The predicted octanol–water partition coefficient (Wildman–Crippen LogP) is 6.72. The number of rotatable bonds is 7. The maximum absolute atomic E-state index is 13.9. The molecular weight excluding hydrogens is 510 g/mol. The molecule has 0 bridgehead atoms. The molecule has 2 N–H and O–H groups in total. The third kappa shape index (κ3) is 4.31. The van der Waals surface area contributed by atoms with Crippen LogP contribution in [0.15, 0.2) is 119 Å². The van der Waals surface area contributed by atoms with Crippen molar-refractivity contribution in [2.75, 3.05) is 12.0 Å². The highest BCUT2D eigenvalue weighted by molar-refractivity contribution is 6.20. The van der Waals surface area contributed by atoms with Crippen molar-refractivity contribution >= 4 is 28.3 Å². The van der Waals surface area contributed by atoms with E-state index in [0.717, 1.165) is 0 Å². The lowest BCUT2D eigenvalue weighted by atomic mass is 9.94. The standard InChI is InChI=1S/C32H23NO7/c1-38-25-9-5-6-20-18-26(40-31(20)25)29(35)27-28(19-10-14-22(34)15-11-19)33(32(37)30(27)36)21-12-16-24(17-13-21)39-23-7-3-2-4-8-23/h2-18,28,34,36H,1H3. The van der Waals surface area contributed by atoms with Gasteiger partial charge in [0.1, 0.15) is 17.2 Å². The first-order valence-corrected chi connectivity index (χ1v) is 12.4. The number of hydrogen-bond donors (Lipinski definition) is 2. The molecule has 0 saturated heterocycles. The predicted molar refractivity (Wildman–Crippen MR) is 148 cm³/mol. The normalized spacial score (nSPS) is 15.1. The van der Waals surface area contributed by atoms with E-state index in [0.29, 0.717) is 39.5 Å². The number of para-hydroxylation sites is 2. The topological polar surface area (TPSA) is 109 Å². The van der Waals surface area contributed by atoms with Gasteiger partial charge in [-0.25, -0.2) is 0 Å². The summed E-state index contributed by atoms with van der Waals surface area (Å²) in [6, 6.07) is 27.9. The largest absolute Gasteiger partial charge is 0.508 e. The number of nitrogens with zero attached hydrogens (tertiary/aromatic N) is 1. The Morgan fingerprint density at radius 2 is 1.55 bits per heavy atom. The highest BCUT2D eigenvalue weighted by Crippen LogP contribution is 2.43. The second kappa shape index (κ2) is 9.99. The monoisotopic (exact) mass is 533 g/mol. The second-order valence-corrected chi connectivity index (χ2v) is 9.16. The third-order valence-corrected chi connectivity index (χ3v) is 6.71. The van der Waals surface area contributed by atoms with Crippen LogP contribution in [0.4, 0.5) is 5.69 Å². The van der Waals surface area contributed by atoms with Crippen LogP contribution in [0.2, 0.25) is 0 Å². The number of carbonyl (C=O) groups excluding carboxylic acids is 2. The fourth-order valence-electron chi connectivity index (χ4n) is 4.82. The fourth-order valence-corrected chi connectivity index (χ4v) is 4.82. The Labute approximate surface area is 228 Å². The molecule has 1 atom stereocenters. The quantitative estimate of drug-likeness (QED) is 0.223. The van der Waals surface area contributed by atoms with Gasteiger partial charge in [0.05, 0.1) is 18.7 Å². The van der Waals surface area contributed by atoms with Gasteiger partial charge in [-0.2, -0.15) is 0 Å². The summed E-state index contributed by atoms with van der Waals surface area (Å²) in [6.45, 7) is 0. The summed E-state index contributed by atoms with van der Waals surface area (Å²) >= 11 is 0. The molecule has 1 aliphatic rings. The van der Waals surface area contributed by atoms with Crippen LogP contribution in [0.3, 0.4) is 0 Å². The smallest absolute Gasteiger partial charge is 0.294 e. The van der Waals surface area contributed by atoms with Crippen LogP contribution >= 0.6 is 0 Å². The zero-order chi connectivity index (χ0) is 27.8. The average molecular weight is 534 g/mol. The lowest BCUT2D eigenvalue weighted by Crippen LogP contribution is -2.31. The molecule has 0 spiro atoms. The van der Waals surface area contributed by atoms with Gasteiger partial charge in [0.2, 0.25) is 5.78 Å². The van der Waals surface area contributed by atoms with Crippen LogP contribution in [0.5, 0.6) is 23.0 Å². The van der Waals surface area contributed by atoms with Crippen LogP contribution in [0.1, 0.15) is 22.2 Å². The molecule has 40 heavy (non-hydrogen) atoms. The van der Waals surface area contributed by atoms with E-state index in [1.165, 1.54) is 24.1 Å². The van der Waals surface area contributed by atoms with Gasteiger partial charge >= 0.3 is 0 Å². The van der Waals surface area contributed by atoms with Crippen molar-refractivity contribution in [2.24, 2.45) is 0 Å². The molecule has 6 rings (SSSR count). The minimum atomic E-state index is -0.989. The molecule has 4 aromatic carbocycles. The summed E-state index contributed by atoms with van der Waals surface area (Å²) in [7, 11) is 1.50. The zero-order valence-corrected chi connectivity index (χ0v) is 21.3. The number of aliphatic hydroxyl groups is 1. The Hall–Kier alpha value is -5.50. The van der Waals surface area contributed by atoms with Crippen molar-refractivity contribution in [1.29, 1.82) is 0 Å². The summed E-state index contributed by atoms with van der Waals surface area (Å²) in [4.78, 5) is 28.7. The molecule has 0 saturated carbocycles. The van der Waals surface area contributed by atoms with E-state index >= 15 is 0 Å². The van der Waals surface area contributed by atoms with Crippen molar-refractivity contribution in [3.05, 3.63) is 126 Å². The van der Waals surface area contributed by atoms with E-state index < -0.39 is 23.5 Å². The molecule has 1 unspecified atom stereocenters. The number of furan rings is 1. The van der Waals surface area contributed by atoms with E-state index in [1.807, 2.05) is 30.3 Å². The van der Waals surface area contributed by atoms with Crippen LogP contribution in [-0.4, -0.2) is 29.0 Å². The SMILES string of the molecule is COc1cccc2cc(C(=O)C3=C(O)C(=O)N(c4ccc(Oc5ccccc5)cc4)C3c3ccc(O)cc3)oc12. The second-order valence-electron chi connectivity index (χ2n) is 9.16. The molecule has 0 radical (unpaired) electrons. The summed E-state index contributed by atoms with van der Waals surface area (Å²) in [5, 5.41) is 21.6. The molecule has 0 fully saturated rings. The Kier molecular flexibility index (Phi) is 6.20. The summed E-state index contributed by atoms with van der Waals surface area (Å²) in [6.07, 6.45) is 0. The maximum Gasteiger partial charge on any atom is 0.294 e. The minimum Gasteiger partial charge on any atom is -0.508 e. The molecule has 2 heterocycles. The van der Waals surface area contributed by atoms with E-state index in [2.05, 4.69) is 0 Å². The van der Waals surface area contributed by atoms with Crippen molar-refractivity contribution in [3.8, 4) is 23.0 Å². The van der Waals surface area contributed by atoms with Gasteiger partial charge < -0.3 is 24.1 Å². The Morgan fingerprint density at radius 3 is 2.25 bits per heavy atom. The Balaban J connectivity index is 1.40. The highest BCUT2D eigenvalue weighted by Gasteiger charge is 2.45. The lowest BCUT2D eigenvalue weighted by Gasteiger charge is -2.27. The van der Waals surface area contributed by atoms with Crippen LogP contribution in [0.25, 0.3) is 11.0 Å². The summed E-state index contributed by atoms with van der Waals surface area (Å²) < 4.78 is 17.1. The number of aliphatic hydroxyl groups excluding tert-OH is 1. The van der Waals surface area contributed by atoms with Gasteiger partial charge in [-0.1, -0.05) is 42.5 Å². The van der Waals surface area contributed by atoms with Crippen molar-refractivity contribution in [1.82, 2.24) is 0 Å². The number of phenols is 1. The lowest BCUT2D eigenvalue weighted by molar-refractivity contribution is -0.117. The number of methoxy groups -OCH3 is 1. The van der Waals surface area contributed by atoms with Crippen LogP contribution in [0, 0.1) is 0 Å². The highest BCUT2D eigenvalue weighted by atomic mass is 16.5. The average Bonchev–Trinajstić information content (AvgIpc) is 3.53. The molecule has 8 heteroatoms. The van der Waals surface area contributed by atoms with Crippen molar-refractivity contribution in [2.45, 2.75) is 6.04 Å². The number of amides is 1. The first-order valence-electron chi connectivity index (χ1n) is 12.4. The van der Waals surface area contributed by atoms with Gasteiger partial charge in [-0.15, -0.1) is 0 Å². The van der Waals surface area contributed by atoms with Crippen LogP contribution in [-0.2, 0) is 4.79 Å². The van der Waals surface area contributed by atoms with E-state index in [1.54, 1.807) is 60.7 Å². The molecule has 1 aromatic heterocycles. The van der Waals surface area contributed by atoms with Crippen molar-refractivity contribution < 1.29 is 33.7 Å². The first kappa shape index (κ1) is 24.8. The molecular formula is C32H23NO7. The zero-order valence-electron chi connectivity index (χ0n) is 21.3. The van der Waals surface area contributed by atoms with Gasteiger partial charge in [-0.05, 0) is 66.2 Å². The number of benzene rings is 4. The van der Waals surface area contributed by atoms with Gasteiger partial charge in [0, 0.05) is 11.1 Å². The minimum absolute atomic E-state index is 0.0208. The molecule has 1 amide bonds. The number of hydrogen-bond acceptors (Lipinski definition) is 7. The number of aromatic hydroxyl groups is 1. The third-order valence-electron chi connectivity index (χ3n) is 6.71. The number of ether oxygens (including phenoxy) is 2. The fraction of sp³-hybridized carbons (Fsp3) is 0.0625. The number of phenolic OH excluding ortho intramolecular Hbond substituents is 1. The van der Waals surface area contributed by atoms with Gasteiger partial charge in [0.25, 0.3) is 5.91 Å². The van der Waals surface area contributed by atoms with Crippen LogP contribution < -0.4 is 14.4 Å². The number of Topliss-reactive ketones (excluding diaryl/α,β-unsaturated/α-hetero) is 1. The summed E-state index contributed by atoms with van der Waals surface area (Å²) in [5.74, 6) is -0.442. The van der Waals surface area contributed by atoms with Gasteiger partial charge in [-0.3, -0.25) is 14.5 Å². The van der Waals surface area contributed by atoms with E-state index in [-0.39, 0.29) is 17.1 Å². The molecule has 1 aliphatic heterocycles. The van der Waals surface area contributed by atoms with Gasteiger partial charge in [0.15, 0.2) is 22.9 Å². The number of fused-ring (bicyclic) bond motifs is 1. The van der Waals surface area contributed by atoms with Crippen molar-refractivity contribution in [3.63, 3.8) is 0 Å². The van der Waals surface area contributed by atoms with E-state index in [9.17, 15) is 19.8 Å². The summed E-state index contributed by atoms with van der Waals surface area (Å²) in [5.41, 5.74) is 1.18. The molecule has 8 nitrogen and oxygen atoms in total. The first-order chi connectivity index (χ1) is 19.4.